The molecule has 0 atom stereocenters. The quantitative estimate of drug-likeness (QED) is 0.448. The van der Waals surface area contributed by atoms with Crippen LogP contribution >= 0.6 is 0 Å². The molecule has 4 heavy (non-hydrogen) atoms. The van der Waals surface area contributed by atoms with Crippen molar-refractivity contribution in [1.29, 1.82) is 0 Å². The van der Waals surface area contributed by atoms with Gasteiger partial charge in [0.25, 0.3) is 0 Å². The van der Waals surface area contributed by atoms with Crippen LogP contribution in [0.15, 0.2) is 0 Å². The minimum atomic E-state index is 0. The van der Waals surface area contributed by atoms with Crippen LogP contribution in [0.2, 0.25) is 0 Å². The molecule has 0 heterocycles. The summed E-state index contributed by atoms with van der Waals surface area (Å²) in [5.41, 5.74) is 0. The predicted octanol–water partition coefficient (Wildman–Crippen LogP) is -2.22. The second kappa shape index (κ2) is 19.9. The first-order valence-electron chi connectivity index (χ1n) is 0. The zero-order valence-electron chi connectivity index (χ0n) is 1.82. The van der Waals surface area contributed by atoms with E-state index in [4.69, 9.17) is 0 Å². The van der Waals surface area contributed by atoms with Crippen LogP contribution < -0.4 is 0 Å². The third-order valence-corrected chi connectivity index (χ3v) is 0. The third-order valence-electron chi connectivity index (χ3n) is 0. The number of hydrogen-bond acceptors (Lipinski definition) is 0. The van der Waals surface area contributed by atoms with Crippen molar-refractivity contribution in [3.8, 4) is 0 Å². The van der Waals surface area contributed by atoms with Gasteiger partial charge in [-0.2, -0.15) is 0 Å². The summed E-state index contributed by atoms with van der Waals surface area (Å²) in [5, 5.41) is 0. The summed E-state index contributed by atoms with van der Waals surface area (Å²) in [6.45, 7) is 0. The summed E-state index contributed by atoms with van der Waals surface area (Å²) in [5.74, 6) is 0. The Hall–Kier alpha value is 2.02. The van der Waals surface area contributed by atoms with Gasteiger partial charge in [-0.05, 0) is 0 Å². The average molecular weight is 275 g/mol. The summed E-state index contributed by atoms with van der Waals surface area (Å²) >= 11 is 0. The molecule has 20 valence electrons. The Bertz CT molecular complexity index is 8.00. The molecule has 0 bridgehead atoms. The second-order valence-corrected chi connectivity index (χ2v) is 0. The minimum absolute atomic E-state index is 0. The van der Waals surface area contributed by atoms with Gasteiger partial charge in [-0.1, -0.05) is 0 Å². The van der Waals surface area contributed by atoms with Gasteiger partial charge in [0.05, 0.1) is 0 Å². The van der Waals surface area contributed by atoms with E-state index in [9.17, 15) is 0 Å². The van der Waals surface area contributed by atoms with Gasteiger partial charge in [-0.25, -0.2) is 0 Å². The van der Waals surface area contributed by atoms with Crippen molar-refractivity contribution in [2.24, 2.45) is 0 Å². The first kappa shape index (κ1) is 37.2. The van der Waals surface area contributed by atoms with Crippen molar-refractivity contribution < 1.29 is 25.0 Å². The number of rotatable bonds is 0. The standard InChI is InChI=1S/Ga.O.Sn.Zn.5H/q;-2;;+2;;;;;. The fourth-order valence-electron chi connectivity index (χ4n) is 0. The van der Waals surface area contributed by atoms with Crippen molar-refractivity contribution >= 4 is 43.7 Å². The van der Waals surface area contributed by atoms with E-state index in [2.05, 4.69) is 0 Å². The van der Waals surface area contributed by atoms with E-state index >= 15 is 0 Å². The molecule has 0 aromatic carbocycles. The SMILES string of the molecule is [GaH3].[O-2].[SnH2].[Zn+2]. The van der Waals surface area contributed by atoms with Gasteiger partial charge in [0.1, 0.15) is 0 Å². The summed E-state index contributed by atoms with van der Waals surface area (Å²) in [6, 6.07) is 0. The molecule has 0 fully saturated rings. The third kappa shape index (κ3) is 8.99. The maximum atomic E-state index is 0. The predicted molar refractivity (Wildman–Crippen MR) is 19.2 cm³/mol. The zero-order valence-corrected chi connectivity index (χ0v) is 8.83. The van der Waals surface area contributed by atoms with Crippen LogP contribution in [0.3, 0.4) is 0 Å². The smallest absolute Gasteiger partial charge is 2.00 e. The van der Waals surface area contributed by atoms with Gasteiger partial charge in [-0.3, -0.25) is 0 Å². The van der Waals surface area contributed by atoms with Gasteiger partial charge in [-0.15, -0.1) is 0 Å². The topological polar surface area (TPSA) is 28.5 Å². The van der Waals surface area contributed by atoms with Crippen molar-refractivity contribution in [2.75, 3.05) is 0 Å². The van der Waals surface area contributed by atoms with Gasteiger partial charge < -0.3 is 5.48 Å². The largest absolute Gasteiger partial charge is 2.00 e. The van der Waals surface area contributed by atoms with Gasteiger partial charge in [0, 0.05) is 0 Å². The fourth-order valence-corrected chi connectivity index (χ4v) is 0. The monoisotopic (exact) mass is 274 g/mol. The molecule has 4 heteroatoms. The van der Waals surface area contributed by atoms with Crippen LogP contribution in [0.25, 0.3) is 0 Å². The molecule has 0 aliphatic carbocycles. The van der Waals surface area contributed by atoms with E-state index in [-0.39, 0.29) is 68.7 Å². The Morgan fingerprint density at radius 2 is 1.00 bits per heavy atom. The average Bonchev–Trinajstić information content (AvgIpc) is 0. The van der Waals surface area contributed by atoms with E-state index < -0.39 is 0 Å². The van der Waals surface area contributed by atoms with Crippen LogP contribution in [-0.2, 0) is 25.0 Å². The van der Waals surface area contributed by atoms with Gasteiger partial charge in [0.2, 0.25) is 0 Å². The molecule has 0 aromatic heterocycles. The van der Waals surface area contributed by atoms with E-state index in [1.807, 2.05) is 0 Å². The Balaban J connectivity index is 0. The molecule has 2 radical (unpaired) electrons. The second-order valence-electron chi connectivity index (χ2n) is 0. The first-order valence-corrected chi connectivity index (χ1v) is 0. The van der Waals surface area contributed by atoms with Crippen molar-refractivity contribution in [3.05, 3.63) is 0 Å². The summed E-state index contributed by atoms with van der Waals surface area (Å²) in [6.07, 6.45) is 0. The molecule has 0 unspecified atom stereocenters. The van der Waals surface area contributed by atoms with Crippen LogP contribution in [0.4, 0.5) is 0 Å². The van der Waals surface area contributed by atoms with Crippen molar-refractivity contribution in [3.63, 3.8) is 0 Å². The molecule has 0 N–H and O–H groups in total. The Labute approximate surface area is 68.0 Å². The van der Waals surface area contributed by atoms with Crippen molar-refractivity contribution in [1.82, 2.24) is 0 Å². The molecular weight excluding hydrogens is 270 g/mol. The molecule has 0 aromatic rings. The van der Waals surface area contributed by atoms with Crippen LogP contribution in [0.5, 0.6) is 0 Å². The van der Waals surface area contributed by atoms with E-state index in [0.29, 0.717) is 0 Å². The Morgan fingerprint density at radius 3 is 1.00 bits per heavy atom. The molecule has 0 aliphatic rings. The van der Waals surface area contributed by atoms with Crippen LogP contribution in [-0.4, -0.2) is 43.7 Å². The molecule has 1 nitrogen and oxygen atoms in total. The number of hydrogen-bond donors (Lipinski definition) is 0. The Kier molecular flexibility index (Phi) is 185. The molecule has 0 aliphatic heterocycles. The zero-order chi connectivity index (χ0) is 0. The molecule has 0 spiro atoms. The molecule has 0 saturated carbocycles. The Morgan fingerprint density at radius 1 is 1.00 bits per heavy atom. The maximum absolute atomic E-state index is 0. The van der Waals surface area contributed by atoms with E-state index in [0.717, 1.165) is 0 Å². The first-order chi connectivity index (χ1) is 0. The molecule has 0 amide bonds. The van der Waals surface area contributed by atoms with Crippen LogP contribution in [0, 0.1) is 0 Å². The van der Waals surface area contributed by atoms with Crippen molar-refractivity contribution in [2.45, 2.75) is 0 Å². The van der Waals surface area contributed by atoms with E-state index in [1.54, 1.807) is 0 Å². The normalized spacial score (nSPS) is 0. The van der Waals surface area contributed by atoms with Crippen LogP contribution in [0.1, 0.15) is 0 Å². The van der Waals surface area contributed by atoms with E-state index in [1.165, 1.54) is 0 Å². The molecule has 0 saturated heterocycles. The summed E-state index contributed by atoms with van der Waals surface area (Å²) in [7, 11) is 0. The fraction of sp³-hybridized carbons (Fsp3) is 0. The molecular formula is H5GaOSnZn. The summed E-state index contributed by atoms with van der Waals surface area (Å²) < 4.78 is 0. The summed E-state index contributed by atoms with van der Waals surface area (Å²) in [4.78, 5) is 0. The maximum Gasteiger partial charge on any atom is 2.00 e. The van der Waals surface area contributed by atoms with Gasteiger partial charge >= 0.3 is 63.2 Å². The van der Waals surface area contributed by atoms with Gasteiger partial charge in [0.15, 0.2) is 0 Å². The minimum Gasteiger partial charge on any atom is 2.00 e. The molecule has 0 rings (SSSR count).